The van der Waals surface area contributed by atoms with E-state index in [1.165, 1.54) is 28.0 Å². The van der Waals surface area contributed by atoms with Crippen molar-refractivity contribution in [3.8, 4) is 0 Å². The van der Waals surface area contributed by atoms with Gasteiger partial charge in [-0.15, -0.1) is 5.10 Å². The van der Waals surface area contributed by atoms with Crippen molar-refractivity contribution in [3.63, 3.8) is 0 Å². The minimum Gasteiger partial charge on any atom is -0.343 e. The average molecular weight is 346 g/mol. The van der Waals surface area contributed by atoms with Crippen LogP contribution in [0.2, 0.25) is 0 Å². The lowest BCUT2D eigenvalue weighted by molar-refractivity contribution is -0.127. The Bertz CT molecular complexity index is 805. The monoisotopic (exact) mass is 346 g/mol. The molecule has 1 atom stereocenters. The molecule has 3 rings (SSSR count). The molecular formula is C16H19FN6O2. The Labute approximate surface area is 144 Å². The summed E-state index contributed by atoms with van der Waals surface area (Å²) in [6, 6.07) is 3.71. The fourth-order valence-electron chi connectivity index (χ4n) is 3.05. The molecule has 2 amide bonds. The normalized spacial score (nSPS) is 16.4. The van der Waals surface area contributed by atoms with E-state index in [-0.39, 0.29) is 23.8 Å². The second kappa shape index (κ2) is 6.23. The minimum absolute atomic E-state index is 0.0820. The van der Waals surface area contributed by atoms with Gasteiger partial charge in [0.1, 0.15) is 24.7 Å². The number of nitrogens with zero attached hydrogens (tertiary/aromatic N) is 5. The number of tetrazole rings is 1. The first-order valence-electron chi connectivity index (χ1n) is 7.89. The molecule has 132 valence electrons. The summed E-state index contributed by atoms with van der Waals surface area (Å²) in [4.78, 5) is 26.3. The summed E-state index contributed by atoms with van der Waals surface area (Å²) < 4.78 is 14.9. The number of rotatable bonds is 4. The molecule has 1 aromatic carbocycles. The van der Waals surface area contributed by atoms with Gasteiger partial charge in [-0.1, -0.05) is 19.9 Å². The number of aromatic nitrogens is 4. The number of carbonyl (C=O) groups is 2. The Morgan fingerprint density at radius 2 is 2.16 bits per heavy atom. The molecule has 0 saturated heterocycles. The Morgan fingerprint density at radius 1 is 1.40 bits per heavy atom. The van der Waals surface area contributed by atoms with Gasteiger partial charge in [0.15, 0.2) is 0 Å². The van der Waals surface area contributed by atoms with Crippen LogP contribution in [0.5, 0.6) is 0 Å². The van der Waals surface area contributed by atoms with E-state index < -0.39 is 11.9 Å². The second-order valence-electron chi connectivity index (χ2n) is 6.77. The topological polar surface area (TPSA) is 93.0 Å². The fourth-order valence-corrected chi connectivity index (χ4v) is 3.05. The Balaban J connectivity index is 1.73. The number of halogens is 1. The van der Waals surface area contributed by atoms with Crippen molar-refractivity contribution in [2.75, 3.05) is 11.4 Å². The van der Waals surface area contributed by atoms with E-state index in [1.54, 1.807) is 13.0 Å². The molecule has 1 aromatic heterocycles. The molecule has 0 aliphatic carbocycles. The standard InChI is InChI=1S/C16H19FN6O2/c1-10(19-14(24)7-22-9-18-20-21-22)15(25)23-8-16(2,3)12-5-4-11(17)6-13(12)23/h4-6,9-10H,7-8H2,1-3H3,(H,19,24)/t10-/m1/s1. The molecule has 0 unspecified atom stereocenters. The van der Waals surface area contributed by atoms with Gasteiger partial charge in [0.25, 0.3) is 0 Å². The van der Waals surface area contributed by atoms with Gasteiger partial charge in [0.05, 0.1) is 5.69 Å². The Hall–Kier alpha value is -2.84. The van der Waals surface area contributed by atoms with Crippen molar-refractivity contribution < 1.29 is 14.0 Å². The number of anilines is 1. The number of benzene rings is 1. The lowest BCUT2D eigenvalue weighted by Crippen LogP contribution is -2.48. The molecule has 1 N–H and O–H groups in total. The van der Waals surface area contributed by atoms with Crippen LogP contribution in [0.4, 0.5) is 10.1 Å². The van der Waals surface area contributed by atoms with Gasteiger partial charge in [-0.05, 0) is 35.0 Å². The quantitative estimate of drug-likeness (QED) is 0.877. The fraction of sp³-hybridized carbons (Fsp3) is 0.438. The summed E-state index contributed by atoms with van der Waals surface area (Å²) in [5.41, 5.74) is 1.18. The first-order chi connectivity index (χ1) is 11.8. The summed E-state index contributed by atoms with van der Waals surface area (Å²) >= 11 is 0. The van der Waals surface area contributed by atoms with Gasteiger partial charge in [0, 0.05) is 12.0 Å². The number of hydrogen-bond donors (Lipinski definition) is 1. The lowest BCUT2D eigenvalue weighted by atomic mass is 9.87. The molecule has 1 aliphatic rings. The van der Waals surface area contributed by atoms with Crippen LogP contribution in [0.25, 0.3) is 0 Å². The molecule has 2 aromatic rings. The van der Waals surface area contributed by atoms with Crippen molar-refractivity contribution in [2.45, 2.75) is 38.8 Å². The minimum atomic E-state index is -0.756. The third-order valence-electron chi connectivity index (χ3n) is 4.24. The SMILES string of the molecule is C[C@@H](NC(=O)Cn1cnnn1)C(=O)N1CC(C)(C)c2ccc(F)cc21. The third-order valence-corrected chi connectivity index (χ3v) is 4.24. The molecule has 8 nitrogen and oxygen atoms in total. The van der Waals surface area contributed by atoms with Crippen molar-refractivity contribution in [2.24, 2.45) is 0 Å². The maximum Gasteiger partial charge on any atom is 0.249 e. The zero-order valence-corrected chi connectivity index (χ0v) is 14.2. The van der Waals surface area contributed by atoms with Crippen LogP contribution < -0.4 is 10.2 Å². The molecule has 25 heavy (non-hydrogen) atoms. The third kappa shape index (κ3) is 3.35. The summed E-state index contributed by atoms with van der Waals surface area (Å²) in [7, 11) is 0. The molecule has 2 heterocycles. The zero-order valence-electron chi connectivity index (χ0n) is 14.2. The Morgan fingerprint density at radius 3 is 2.84 bits per heavy atom. The molecule has 0 radical (unpaired) electrons. The number of fused-ring (bicyclic) bond motifs is 1. The van der Waals surface area contributed by atoms with Crippen LogP contribution in [-0.2, 0) is 21.5 Å². The maximum absolute atomic E-state index is 13.6. The number of carbonyl (C=O) groups excluding carboxylic acids is 2. The van der Waals surface area contributed by atoms with Crippen molar-refractivity contribution in [3.05, 3.63) is 35.9 Å². The van der Waals surface area contributed by atoms with E-state index in [0.29, 0.717) is 12.2 Å². The molecule has 0 bridgehead atoms. The number of hydrogen-bond acceptors (Lipinski definition) is 5. The van der Waals surface area contributed by atoms with Crippen LogP contribution >= 0.6 is 0 Å². The molecule has 1 aliphatic heterocycles. The molecule has 0 spiro atoms. The highest BCUT2D eigenvalue weighted by atomic mass is 19.1. The van der Waals surface area contributed by atoms with Gasteiger partial charge in [-0.3, -0.25) is 9.59 Å². The van der Waals surface area contributed by atoms with Gasteiger partial charge in [-0.25, -0.2) is 9.07 Å². The lowest BCUT2D eigenvalue weighted by Gasteiger charge is -2.24. The second-order valence-corrected chi connectivity index (χ2v) is 6.77. The smallest absolute Gasteiger partial charge is 0.249 e. The van der Waals surface area contributed by atoms with Crippen LogP contribution in [0.3, 0.4) is 0 Å². The predicted molar refractivity (Wildman–Crippen MR) is 87.2 cm³/mol. The van der Waals surface area contributed by atoms with Crippen LogP contribution in [0, 0.1) is 5.82 Å². The van der Waals surface area contributed by atoms with Gasteiger partial charge < -0.3 is 10.2 Å². The predicted octanol–water partition coefficient (Wildman–Crippen LogP) is 0.641. The van der Waals surface area contributed by atoms with Gasteiger partial charge in [-0.2, -0.15) is 0 Å². The largest absolute Gasteiger partial charge is 0.343 e. The van der Waals surface area contributed by atoms with E-state index in [9.17, 15) is 14.0 Å². The summed E-state index contributed by atoms with van der Waals surface area (Å²) in [5, 5.41) is 13.1. The Kier molecular flexibility index (Phi) is 4.23. The zero-order chi connectivity index (χ0) is 18.2. The van der Waals surface area contributed by atoms with E-state index in [1.807, 2.05) is 13.8 Å². The van der Waals surface area contributed by atoms with E-state index in [2.05, 4.69) is 20.8 Å². The summed E-state index contributed by atoms with van der Waals surface area (Å²) in [6.45, 7) is 5.94. The highest BCUT2D eigenvalue weighted by Gasteiger charge is 2.39. The highest BCUT2D eigenvalue weighted by molar-refractivity contribution is 6.01. The van der Waals surface area contributed by atoms with Crippen molar-refractivity contribution in [1.82, 2.24) is 25.5 Å². The molecule has 0 fully saturated rings. The molecule has 0 saturated carbocycles. The van der Waals surface area contributed by atoms with Gasteiger partial charge >= 0.3 is 0 Å². The highest BCUT2D eigenvalue weighted by Crippen LogP contribution is 2.40. The maximum atomic E-state index is 13.6. The molecular weight excluding hydrogens is 327 g/mol. The summed E-state index contributed by atoms with van der Waals surface area (Å²) in [6.07, 6.45) is 1.31. The van der Waals surface area contributed by atoms with E-state index in [4.69, 9.17) is 0 Å². The van der Waals surface area contributed by atoms with Crippen LogP contribution in [0.1, 0.15) is 26.3 Å². The van der Waals surface area contributed by atoms with Crippen molar-refractivity contribution >= 4 is 17.5 Å². The first-order valence-corrected chi connectivity index (χ1v) is 7.89. The average Bonchev–Trinajstić information content (AvgIpc) is 3.12. The van der Waals surface area contributed by atoms with Crippen LogP contribution in [0.15, 0.2) is 24.5 Å². The van der Waals surface area contributed by atoms with Crippen LogP contribution in [-0.4, -0.2) is 44.6 Å². The molecule has 9 heteroatoms. The van der Waals surface area contributed by atoms with Crippen molar-refractivity contribution in [1.29, 1.82) is 0 Å². The van der Waals surface area contributed by atoms with E-state index in [0.717, 1.165) is 5.56 Å². The van der Waals surface area contributed by atoms with Gasteiger partial charge in [0.2, 0.25) is 11.8 Å². The van der Waals surface area contributed by atoms with E-state index >= 15 is 0 Å². The number of nitrogens with one attached hydrogen (secondary N) is 1. The first kappa shape index (κ1) is 17.0. The summed E-state index contributed by atoms with van der Waals surface area (Å²) in [5.74, 6) is -1.07. The number of amides is 2.